The molecular weight excluding hydrogens is 312 g/mol. The van der Waals surface area contributed by atoms with E-state index in [0.29, 0.717) is 12.3 Å². The van der Waals surface area contributed by atoms with Gasteiger partial charge in [0.05, 0.1) is 6.42 Å². The van der Waals surface area contributed by atoms with Crippen molar-refractivity contribution in [3.63, 3.8) is 0 Å². The number of rotatable bonds is 6. The van der Waals surface area contributed by atoms with E-state index in [9.17, 15) is 4.79 Å². The van der Waals surface area contributed by atoms with Crippen molar-refractivity contribution in [3.8, 4) is 0 Å². The highest BCUT2D eigenvalue weighted by Crippen LogP contribution is 2.19. The first-order chi connectivity index (χ1) is 12.1. The Labute approximate surface area is 149 Å². The van der Waals surface area contributed by atoms with Crippen molar-refractivity contribution in [2.45, 2.75) is 26.3 Å². The fourth-order valence-electron chi connectivity index (χ4n) is 3.41. The van der Waals surface area contributed by atoms with E-state index in [0.717, 1.165) is 43.9 Å². The summed E-state index contributed by atoms with van der Waals surface area (Å²) in [5, 5.41) is 0. The number of likely N-dealkylation sites (tertiary alicyclic amines) is 1. The monoisotopic (exact) mass is 338 g/mol. The lowest BCUT2D eigenvalue weighted by molar-refractivity contribution is -0.129. The summed E-state index contributed by atoms with van der Waals surface area (Å²) in [4.78, 5) is 25.3. The molecule has 0 unspecified atom stereocenters. The van der Waals surface area contributed by atoms with Crippen LogP contribution in [-0.4, -0.2) is 52.4 Å². The Balaban J connectivity index is 1.46. The van der Waals surface area contributed by atoms with E-state index in [1.165, 1.54) is 5.56 Å². The summed E-state index contributed by atoms with van der Waals surface area (Å²) in [7, 11) is 2.13. The normalized spacial score (nSPS) is 17.2. The molecule has 5 nitrogen and oxygen atoms in total. The minimum absolute atomic E-state index is 0.211. The number of hydrogen-bond acceptors (Lipinski definition) is 4. The maximum Gasteiger partial charge on any atom is 0.227 e. The molecule has 3 heterocycles. The zero-order valence-electron chi connectivity index (χ0n) is 15.1. The number of aryl methyl sites for hydroxylation is 1. The Hall–Kier alpha value is -2.27. The van der Waals surface area contributed by atoms with Gasteiger partial charge in [0, 0.05) is 50.5 Å². The van der Waals surface area contributed by atoms with Crippen LogP contribution in [0, 0.1) is 12.8 Å². The van der Waals surface area contributed by atoms with E-state index in [1.54, 1.807) is 6.20 Å². The molecule has 0 saturated carbocycles. The highest BCUT2D eigenvalue weighted by molar-refractivity contribution is 5.78. The maximum atomic E-state index is 12.5. The first-order valence-corrected chi connectivity index (χ1v) is 8.87. The van der Waals surface area contributed by atoms with E-state index in [1.807, 2.05) is 42.4 Å². The fraction of sp³-hybridized carbons (Fsp3) is 0.450. The molecular formula is C20H26N4O. The SMILES string of the molecule is Cc1ccc(CC(=O)N2CC[C@@H](CN(C)Cc3cccnc3)C2)cn1. The van der Waals surface area contributed by atoms with Crippen LogP contribution in [0.3, 0.4) is 0 Å². The fourth-order valence-corrected chi connectivity index (χ4v) is 3.41. The first kappa shape index (κ1) is 17.5. The predicted octanol–water partition coefficient (Wildman–Crippen LogP) is 2.31. The van der Waals surface area contributed by atoms with Gasteiger partial charge in [-0.15, -0.1) is 0 Å². The van der Waals surface area contributed by atoms with Crippen molar-refractivity contribution in [1.29, 1.82) is 0 Å². The van der Waals surface area contributed by atoms with Crippen LogP contribution in [0.1, 0.15) is 23.2 Å². The summed E-state index contributed by atoms with van der Waals surface area (Å²) >= 11 is 0. The molecule has 1 saturated heterocycles. The molecule has 3 rings (SSSR count). The van der Waals surface area contributed by atoms with Gasteiger partial charge in [0.2, 0.25) is 5.91 Å². The van der Waals surface area contributed by atoms with Gasteiger partial charge in [-0.1, -0.05) is 12.1 Å². The summed E-state index contributed by atoms with van der Waals surface area (Å²) in [5.41, 5.74) is 3.20. The van der Waals surface area contributed by atoms with Gasteiger partial charge in [0.15, 0.2) is 0 Å². The Kier molecular flexibility index (Phi) is 5.76. The number of nitrogens with zero attached hydrogens (tertiary/aromatic N) is 4. The van der Waals surface area contributed by atoms with Crippen LogP contribution in [0.15, 0.2) is 42.9 Å². The molecule has 0 radical (unpaired) electrons. The number of carbonyl (C=O) groups excluding carboxylic acids is 1. The van der Waals surface area contributed by atoms with Gasteiger partial charge in [0.1, 0.15) is 0 Å². The number of hydrogen-bond donors (Lipinski definition) is 0. The molecule has 1 amide bonds. The Morgan fingerprint density at radius 1 is 1.28 bits per heavy atom. The van der Waals surface area contributed by atoms with Gasteiger partial charge >= 0.3 is 0 Å². The number of pyridine rings is 2. The maximum absolute atomic E-state index is 12.5. The summed E-state index contributed by atoms with van der Waals surface area (Å²) in [6.45, 7) is 5.58. The standard InChI is InChI=1S/C20H26N4O/c1-16-5-6-17(12-22-16)10-20(25)24-9-7-19(15-24)14-23(2)13-18-4-3-8-21-11-18/h3-6,8,11-12,19H,7,9-10,13-15H2,1-2H3/t19-/m0/s1. The highest BCUT2D eigenvalue weighted by Gasteiger charge is 2.26. The Bertz CT molecular complexity index is 687. The number of aromatic nitrogens is 2. The van der Waals surface area contributed by atoms with Crippen LogP contribution in [0.2, 0.25) is 0 Å². The van der Waals surface area contributed by atoms with Crippen molar-refractivity contribution in [2.75, 3.05) is 26.7 Å². The molecule has 2 aromatic heterocycles. The van der Waals surface area contributed by atoms with Gasteiger partial charge in [-0.2, -0.15) is 0 Å². The molecule has 2 aromatic rings. The average molecular weight is 338 g/mol. The molecule has 0 aliphatic carbocycles. The molecule has 25 heavy (non-hydrogen) atoms. The molecule has 1 atom stereocenters. The van der Waals surface area contributed by atoms with Gasteiger partial charge in [-0.05, 0) is 49.6 Å². The highest BCUT2D eigenvalue weighted by atomic mass is 16.2. The van der Waals surface area contributed by atoms with Gasteiger partial charge in [0.25, 0.3) is 0 Å². The summed E-state index contributed by atoms with van der Waals surface area (Å²) in [6, 6.07) is 8.03. The average Bonchev–Trinajstić information content (AvgIpc) is 3.06. The van der Waals surface area contributed by atoms with Gasteiger partial charge in [-0.25, -0.2) is 0 Å². The van der Waals surface area contributed by atoms with Crippen molar-refractivity contribution >= 4 is 5.91 Å². The lowest BCUT2D eigenvalue weighted by atomic mass is 10.1. The summed E-state index contributed by atoms with van der Waals surface area (Å²) in [5.74, 6) is 0.754. The molecule has 1 aliphatic rings. The Morgan fingerprint density at radius 3 is 2.88 bits per heavy atom. The van der Waals surface area contributed by atoms with E-state index < -0.39 is 0 Å². The zero-order valence-corrected chi connectivity index (χ0v) is 15.1. The van der Waals surface area contributed by atoms with Crippen LogP contribution in [-0.2, 0) is 17.8 Å². The second-order valence-electron chi connectivity index (χ2n) is 7.04. The molecule has 0 N–H and O–H groups in total. The third-order valence-electron chi connectivity index (χ3n) is 4.71. The van der Waals surface area contributed by atoms with Crippen LogP contribution in [0.5, 0.6) is 0 Å². The summed E-state index contributed by atoms with van der Waals surface area (Å²) < 4.78 is 0. The predicted molar refractivity (Wildman–Crippen MR) is 97.9 cm³/mol. The lowest BCUT2D eigenvalue weighted by Crippen LogP contribution is -2.32. The van der Waals surface area contributed by atoms with Gasteiger partial charge < -0.3 is 9.80 Å². The molecule has 132 valence electrons. The van der Waals surface area contributed by atoms with Crippen LogP contribution in [0.4, 0.5) is 0 Å². The summed E-state index contributed by atoms with van der Waals surface area (Å²) in [6.07, 6.45) is 7.05. The van der Waals surface area contributed by atoms with Crippen molar-refractivity contribution < 1.29 is 4.79 Å². The molecule has 5 heteroatoms. The molecule has 0 bridgehead atoms. The number of amides is 1. The number of carbonyl (C=O) groups is 1. The smallest absolute Gasteiger partial charge is 0.227 e. The van der Waals surface area contributed by atoms with Crippen molar-refractivity contribution in [1.82, 2.24) is 19.8 Å². The lowest BCUT2D eigenvalue weighted by Gasteiger charge is -2.21. The van der Waals surface area contributed by atoms with Crippen molar-refractivity contribution in [2.24, 2.45) is 5.92 Å². The quantitative estimate of drug-likeness (QED) is 0.811. The van der Waals surface area contributed by atoms with E-state index in [-0.39, 0.29) is 5.91 Å². The minimum Gasteiger partial charge on any atom is -0.342 e. The first-order valence-electron chi connectivity index (χ1n) is 8.87. The van der Waals surface area contributed by atoms with Crippen LogP contribution < -0.4 is 0 Å². The van der Waals surface area contributed by atoms with E-state index in [2.05, 4.69) is 28.0 Å². The topological polar surface area (TPSA) is 49.3 Å². The third-order valence-corrected chi connectivity index (χ3v) is 4.71. The third kappa shape index (κ3) is 5.10. The van der Waals surface area contributed by atoms with Crippen LogP contribution >= 0.6 is 0 Å². The largest absolute Gasteiger partial charge is 0.342 e. The Morgan fingerprint density at radius 2 is 2.16 bits per heavy atom. The second kappa shape index (κ2) is 8.21. The minimum atomic E-state index is 0.211. The molecule has 1 fully saturated rings. The van der Waals surface area contributed by atoms with Gasteiger partial charge in [-0.3, -0.25) is 14.8 Å². The molecule has 0 spiro atoms. The zero-order chi connectivity index (χ0) is 17.6. The molecule has 1 aliphatic heterocycles. The van der Waals surface area contributed by atoms with E-state index >= 15 is 0 Å². The molecule has 0 aromatic carbocycles. The van der Waals surface area contributed by atoms with E-state index in [4.69, 9.17) is 0 Å². The van der Waals surface area contributed by atoms with Crippen molar-refractivity contribution in [3.05, 3.63) is 59.7 Å². The van der Waals surface area contributed by atoms with Crippen LogP contribution in [0.25, 0.3) is 0 Å². The second-order valence-corrected chi connectivity index (χ2v) is 7.04.